The van der Waals surface area contributed by atoms with Crippen LogP contribution < -0.4 is 15.1 Å². The van der Waals surface area contributed by atoms with Gasteiger partial charge >= 0.3 is 129 Å². The molecule has 1 N–H and O–H groups in total. The van der Waals surface area contributed by atoms with Crippen LogP contribution in [0.1, 0.15) is 19.4 Å². The Morgan fingerprint density at radius 3 is 1.48 bits per heavy atom. The van der Waals surface area contributed by atoms with Crippen LogP contribution >= 0.6 is 0 Å². The maximum absolute atomic E-state index is 3.11. The zero-order valence-electron chi connectivity index (χ0n) is 15.4. The van der Waals surface area contributed by atoms with Gasteiger partial charge in [0.15, 0.2) is 0 Å². The Balaban J connectivity index is 0.000000399. The Morgan fingerprint density at radius 2 is 1.08 bits per heavy atom. The molecule has 0 aliphatic rings. The number of hydrogen-bond acceptors (Lipinski definition) is 1. The van der Waals surface area contributed by atoms with Gasteiger partial charge in [0, 0.05) is 0 Å². The number of nitrogens with one attached hydrogen (secondary N) is 1. The van der Waals surface area contributed by atoms with Crippen LogP contribution in [0, 0.1) is 6.92 Å². The number of benzene rings is 3. The average molecular weight is 527 g/mol. The Morgan fingerprint density at radius 1 is 0.640 bits per heavy atom. The van der Waals surface area contributed by atoms with Crippen molar-refractivity contribution >= 4 is 31.6 Å². The van der Waals surface area contributed by atoms with Crippen LogP contribution in [0.5, 0.6) is 0 Å². The summed E-state index contributed by atoms with van der Waals surface area (Å²) < 4.78 is 4.67. The fourth-order valence-corrected chi connectivity index (χ4v) is 12.2. The molecular weight excluding hydrogens is 499 g/mol. The summed E-state index contributed by atoms with van der Waals surface area (Å²) in [5.74, 6) is 0. The molecule has 0 fully saturated rings. The Bertz CT molecular complexity index is 684. The predicted octanol–water partition coefficient (Wildman–Crippen LogP) is 3.13. The van der Waals surface area contributed by atoms with Crippen molar-refractivity contribution < 1.29 is 0 Å². The van der Waals surface area contributed by atoms with Crippen molar-refractivity contribution in [1.29, 1.82) is 0 Å². The summed E-state index contributed by atoms with van der Waals surface area (Å²) in [7, 11) is 0. The van der Waals surface area contributed by atoms with Crippen molar-refractivity contribution in [3.63, 3.8) is 0 Å². The van der Waals surface area contributed by atoms with Crippen LogP contribution in [-0.4, -0.2) is 34.8 Å². The molecule has 0 radical (unpaired) electrons. The van der Waals surface area contributed by atoms with Crippen molar-refractivity contribution in [2.75, 3.05) is 13.1 Å². The molecular formula is C23H28BiN. The first-order valence-corrected chi connectivity index (χ1v) is 14.2. The third-order valence-electron chi connectivity index (χ3n) is 3.89. The summed E-state index contributed by atoms with van der Waals surface area (Å²) in [6, 6.07) is 31.0. The van der Waals surface area contributed by atoms with Crippen molar-refractivity contribution in [3.8, 4) is 0 Å². The third-order valence-corrected chi connectivity index (χ3v) is 14.0. The molecule has 0 saturated carbocycles. The summed E-state index contributed by atoms with van der Waals surface area (Å²) in [4.78, 5) is 0. The van der Waals surface area contributed by atoms with Gasteiger partial charge in [0.25, 0.3) is 0 Å². The molecule has 0 bridgehead atoms. The van der Waals surface area contributed by atoms with Gasteiger partial charge in [-0.1, -0.05) is 13.8 Å². The molecule has 0 aromatic heterocycles. The van der Waals surface area contributed by atoms with Gasteiger partial charge in [-0.15, -0.1) is 0 Å². The van der Waals surface area contributed by atoms with E-state index in [0.29, 0.717) is 0 Å². The topological polar surface area (TPSA) is 12.0 Å². The molecule has 25 heavy (non-hydrogen) atoms. The summed E-state index contributed by atoms with van der Waals surface area (Å²) in [5.41, 5.74) is 1.43. The molecule has 3 aromatic carbocycles. The van der Waals surface area contributed by atoms with E-state index in [1.54, 1.807) is 9.81 Å². The van der Waals surface area contributed by atoms with Crippen molar-refractivity contribution in [3.05, 3.63) is 90.5 Å². The van der Waals surface area contributed by atoms with Gasteiger partial charge in [0.2, 0.25) is 0 Å². The van der Waals surface area contributed by atoms with Crippen LogP contribution in [0.3, 0.4) is 0 Å². The molecule has 0 aliphatic heterocycles. The van der Waals surface area contributed by atoms with E-state index >= 15 is 0 Å². The monoisotopic (exact) mass is 527 g/mol. The molecule has 0 amide bonds. The molecule has 3 rings (SSSR count). The van der Waals surface area contributed by atoms with Gasteiger partial charge in [0.1, 0.15) is 0 Å². The zero-order chi connectivity index (χ0) is 17.9. The van der Waals surface area contributed by atoms with Crippen LogP contribution in [0.15, 0.2) is 84.9 Å². The van der Waals surface area contributed by atoms with Gasteiger partial charge in [-0.25, -0.2) is 0 Å². The fourth-order valence-electron chi connectivity index (χ4n) is 2.65. The average Bonchev–Trinajstić information content (AvgIpc) is 2.67. The maximum atomic E-state index is 3.11. The summed E-state index contributed by atoms with van der Waals surface area (Å²) in [5, 5.41) is 3.11. The van der Waals surface area contributed by atoms with E-state index in [9.17, 15) is 0 Å². The van der Waals surface area contributed by atoms with E-state index < -0.39 is 21.8 Å². The molecule has 0 unspecified atom stereocenters. The molecule has 0 heterocycles. The van der Waals surface area contributed by atoms with Gasteiger partial charge < -0.3 is 5.32 Å². The van der Waals surface area contributed by atoms with E-state index in [-0.39, 0.29) is 0 Å². The molecule has 0 spiro atoms. The first-order valence-electron chi connectivity index (χ1n) is 8.94. The second kappa shape index (κ2) is 11.2. The minimum atomic E-state index is -2.12. The molecule has 0 aliphatic carbocycles. The second-order valence-corrected chi connectivity index (χ2v) is 14.2. The molecule has 2 heteroatoms. The Labute approximate surface area is 160 Å². The van der Waals surface area contributed by atoms with E-state index in [0.717, 1.165) is 13.1 Å². The van der Waals surface area contributed by atoms with Crippen molar-refractivity contribution in [2.45, 2.75) is 20.8 Å². The molecule has 1 nitrogen and oxygen atoms in total. The molecule has 130 valence electrons. The molecule has 0 saturated heterocycles. The van der Waals surface area contributed by atoms with Gasteiger partial charge in [0.05, 0.1) is 0 Å². The van der Waals surface area contributed by atoms with Crippen LogP contribution in [-0.2, 0) is 0 Å². The van der Waals surface area contributed by atoms with E-state index in [2.05, 4.69) is 111 Å². The summed E-state index contributed by atoms with van der Waals surface area (Å²) >= 11 is -2.12. The van der Waals surface area contributed by atoms with E-state index in [4.69, 9.17) is 0 Å². The summed E-state index contributed by atoms with van der Waals surface area (Å²) in [6.07, 6.45) is 0. The van der Waals surface area contributed by atoms with Gasteiger partial charge in [-0.2, -0.15) is 0 Å². The van der Waals surface area contributed by atoms with Gasteiger partial charge in [-0.3, -0.25) is 0 Å². The number of aryl methyl sites for hydroxylation is 1. The van der Waals surface area contributed by atoms with Crippen LogP contribution in [0.4, 0.5) is 0 Å². The third kappa shape index (κ3) is 6.06. The first-order chi connectivity index (χ1) is 12.3. The van der Waals surface area contributed by atoms with E-state index in [1.807, 2.05) is 0 Å². The standard InChI is InChI=1S/C7H7.2C6H5.C4H11N.Bi/c1-7-5-3-2-4-6-7;2*1-2-4-6-5-3-1;1-3-5-4-2;/h2-5H,1H3;2*1-5H;5H,3-4H2,1-2H3;. The van der Waals surface area contributed by atoms with Gasteiger partial charge in [-0.05, 0) is 13.1 Å². The van der Waals surface area contributed by atoms with Crippen LogP contribution in [0.2, 0.25) is 0 Å². The normalized spacial score (nSPS) is 10.2. The first kappa shape index (κ1) is 19.8. The quantitative estimate of drug-likeness (QED) is 0.503. The number of hydrogen-bond donors (Lipinski definition) is 1. The number of rotatable bonds is 5. The van der Waals surface area contributed by atoms with Crippen molar-refractivity contribution in [2.24, 2.45) is 0 Å². The minimum absolute atomic E-state index is 1.09. The Hall–Kier alpha value is -1.50. The van der Waals surface area contributed by atoms with Crippen LogP contribution in [0.25, 0.3) is 0 Å². The molecule has 3 aromatic rings. The SMILES string of the molecule is CCNCC.Cc1cccc[c]1[Bi]([c]1ccccc1)[c]1ccccc1. The predicted molar refractivity (Wildman–Crippen MR) is 113 cm³/mol. The fraction of sp³-hybridized carbons (Fsp3) is 0.217. The second-order valence-electron chi connectivity index (χ2n) is 5.75. The van der Waals surface area contributed by atoms with Crippen molar-refractivity contribution in [1.82, 2.24) is 5.32 Å². The molecule has 0 atom stereocenters. The summed E-state index contributed by atoms with van der Waals surface area (Å²) in [6.45, 7) is 8.63. The Kier molecular flexibility index (Phi) is 8.87. The van der Waals surface area contributed by atoms with E-state index in [1.165, 1.54) is 5.56 Å². The zero-order valence-corrected chi connectivity index (χ0v) is 18.9.